The molecule has 1 aromatic carbocycles. The molecular weight excluding hydrogens is 352 g/mol. The minimum absolute atomic E-state index is 0.0372. The molecule has 0 aliphatic carbocycles. The molecule has 4 nitrogen and oxygen atoms in total. The van der Waals surface area contributed by atoms with Crippen molar-refractivity contribution in [3.63, 3.8) is 0 Å². The Kier molecular flexibility index (Phi) is 5.52. The third-order valence-corrected chi connectivity index (χ3v) is 4.29. The van der Waals surface area contributed by atoms with Crippen LogP contribution in [0.15, 0.2) is 40.2 Å². The van der Waals surface area contributed by atoms with Gasteiger partial charge in [-0.1, -0.05) is 12.1 Å². The monoisotopic (exact) mass is 366 g/mol. The number of halogens is 1. The Hall–Kier alpha value is -1.66. The van der Waals surface area contributed by atoms with Crippen LogP contribution < -0.4 is 10.6 Å². The number of hydrogen-bond acceptors (Lipinski definition) is 3. The summed E-state index contributed by atoms with van der Waals surface area (Å²) in [6.45, 7) is 1.94. The molecule has 110 valence electrons. The molecule has 0 fully saturated rings. The predicted octanol–water partition coefficient (Wildman–Crippen LogP) is 3.12. The Labute approximate surface area is 135 Å². The summed E-state index contributed by atoms with van der Waals surface area (Å²) >= 11 is 4.92. The molecule has 6 heteroatoms. The molecule has 0 unspecified atom stereocenters. The van der Waals surface area contributed by atoms with Crippen LogP contribution in [-0.4, -0.2) is 18.4 Å². The van der Waals surface area contributed by atoms with Crippen LogP contribution in [0.3, 0.4) is 0 Å². The summed E-state index contributed by atoms with van der Waals surface area (Å²) in [4.78, 5) is 24.5. The molecule has 0 bridgehead atoms. The molecule has 1 aromatic heterocycles. The number of hydrogen-bond donors (Lipinski definition) is 2. The maximum Gasteiger partial charge on any atom is 0.243 e. The van der Waals surface area contributed by atoms with E-state index >= 15 is 0 Å². The van der Waals surface area contributed by atoms with Gasteiger partial charge in [0.05, 0.1) is 18.7 Å². The second kappa shape index (κ2) is 7.38. The fourth-order valence-electron chi connectivity index (χ4n) is 1.73. The van der Waals surface area contributed by atoms with Gasteiger partial charge in [0.25, 0.3) is 0 Å². The van der Waals surface area contributed by atoms with E-state index in [1.165, 1.54) is 11.3 Å². The molecule has 2 amide bonds. The summed E-state index contributed by atoms with van der Waals surface area (Å²) in [5, 5.41) is 7.29. The maximum atomic E-state index is 11.8. The predicted molar refractivity (Wildman–Crippen MR) is 88.5 cm³/mol. The second-order valence-electron chi connectivity index (χ2n) is 4.56. The molecule has 2 rings (SSSR count). The first-order valence-corrected chi connectivity index (χ1v) is 8.07. The molecule has 0 radical (unpaired) electrons. The Balaban J connectivity index is 1.80. The number of amides is 2. The van der Waals surface area contributed by atoms with Crippen LogP contribution >= 0.6 is 27.3 Å². The average molecular weight is 367 g/mol. The molecule has 2 aromatic rings. The number of anilines is 1. The third kappa shape index (κ3) is 4.99. The summed E-state index contributed by atoms with van der Waals surface area (Å²) < 4.78 is 0.820. The van der Waals surface area contributed by atoms with Crippen molar-refractivity contribution in [2.75, 3.05) is 11.9 Å². The third-order valence-electron chi connectivity index (χ3n) is 2.76. The van der Waals surface area contributed by atoms with E-state index in [1.54, 1.807) is 0 Å². The van der Waals surface area contributed by atoms with E-state index in [0.29, 0.717) is 12.1 Å². The first-order chi connectivity index (χ1) is 10.0. The highest BCUT2D eigenvalue weighted by atomic mass is 79.9. The number of nitrogens with one attached hydrogen (secondary N) is 2. The van der Waals surface area contributed by atoms with Gasteiger partial charge in [0, 0.05) is 9.35 Å². The largest absolute Gasteiger partial charge is 0.347 e. The molecule has 0 saturated carbocycles. The van der Waals surface area contributed by atoms with Gasteiger partial charge >= 0.3 is 0 Å². The van der Waals surface area contributed by atoms with Gasteiger partial charge in [0.1, 0.15) is 0 Å². The van der Waals surface area contributed by atoms with E-state index in [2.05, 4.69) is 26.6 Å². The van der Waals surface area contributed by atoms with Crippen LogP contribution in [0.4, 0.5) is 5.69 Å². The number of aryl methyl sites for hydroxylation is 1. The average Bonchev–Trinajstić information content (AvgIpc) is 2.92. The number of thiophene rings is 1. The highest BCUT2D eigenvalue weighted by Gasteiger charge is 2.09. The fraction of sp³-hybridized carbons (Fsp3) is 0.200. The lowest BCUT2D eigenvalue weighted by Gasteiger charge is -2.09. The minimum Gasteiger partial charge on any atom is -0.347 e. The number of carbonyl (C=O) groups excluding carboxylic acids is 2. The van der Waals surface area contributed by atoms with Crippen molar-refractivity contribution in [3.8, 4) is 0 Å². The molecule has 2 N–H and O–H groups in total. The van der Waals surface area contributed by atoms with Crippen molar-refractivity contribution < 1.29 is 9.59 Å². The summed E-state index contributed by atoms with van der Waals surface area (Å²) in [7, 11) is 0. The summed E-state index contributed by atoms with van der Waals surface area (Å²) in [6, 6.07) is 9.45. The molecule has 21 heavy (non-hydrogen) atoms. The van der Waals surface area contributed by atoms with Crippen LogP contribution in [0.1, 0.15) is 10.4 Å². The minimum atomic E-state index is -0.251. The molecule has 1 heterocycles. The van der Waals surface area contributed by atoms with Gasteiger partial charge in [-0.05, 0) is 52.0 Å². The number of carbonyl (C=O) groups is 2. The topological polar surface area (TPSA) is 58.2 Å². The zero-order valence-corrected chi connectivity index (χ0v) is 13.9. The second-order valence-corrected chi connectivity index (χ2v) is 6.45. The van der Waals surface area contributed by atoms with Crippen LogP contribution in [0.2, 0.25) is 0 Å². The van der Waals surface area contributed by atoms with Crippen molar-refractivity contribution in [1.29, 1.82) is 0 Å². The highest BCUT2D eigenvalue weighted by Crippen LogP contribution is 2.23. The van der Waals surface area contributed by atoms with Crippen LogP contribution in [0.25, 0.3) is 0 Å². The van der Waals surface area contributed by atoms with Gasteiger partial charge in [-0.25, -0.2) is 0 Å². The molecular formula is C15H15BrN2O2S. The zero-order valence-electron chi connectivity index (χ0n) is 11.5. The summed E-state index contributed by atoms with van der Waals surface area (Å²) in [6.07, 6.45) is 0.305. The zero-order chi connectivity index (χ0) is 15.2. The normalized spacial score (nSPS) is 10.2. The van der Waals surface area contributed by atoms with Gasteiger partial charge in [-0.2, -0.15) is 0 Å². The van der Waals surface area contributed by atoms with Crippen LogP contribution in [0, 0.1) is 6.92 Å². The van der Waals surface area contributed by atoms with E-state index < -0.39 is 0 Å². The van der Waals surface area contributed by atoms with Crippen LogP contribution in [0.5, 0.6) is 0 Å². The van der Waals surface area contributed by atoms with E-state index in [9.17, 15) is 9.59 Å². The first-order valence-electron chi connectivity index (χ1n) is 6.39. The Morgan fingerprint density at radius 1 is 1.24 bits per heavy atom. The molecule has 0 saturated heterocycles. The van der Waals surface area contributed by atoms with Crippen molar-refractivity contribution in [2.45, 2.75) is 13.3 Å². The lowest BCUT2D eigenvalue weighted by molar-refractivity contribution is -0.123. The maximum absolute atomic E-state index is 11.8. The number of benzene rings is 1. The van der Waals surface area contributed by atoms with Gasteiger partial charge < -0.3 is 10.6 Å². The van der Waals surface area contributed by atoms with Crippen LogP contribution in [-0.2, 0) is 16.0 Å². The van der Waals surface area contributed by atoms with Gasteiger partial charge in [-0.15, -0.1) is 11.3 Å². The molecule has 0 aliphatic rings. The van der Waals surface area contributed by atoms with Gasteiger partial charge in [0.2, 0.25) is 11.8 Å². The fourth-order valence-corrected chi connectivity index (χ4v) is 3.02. The Morgan fingerprint density at radius 2 is 2.05 bits per heavy atom. The van der Waals surface area contributed by atoms with Crippen molar-refractivity contribution >= 4 is 44.8 Å². The summed E-state index contributed by atoms with van der Waals surface area (Å²) in [5.74, 6) is -0.408. The lowest BCUT2D eigenvalue weighted by atomic mass is 10.2. The molecule has 0 aliphatic heterocycles. The summed E-state index contributed by atoms with van der Waals surface area (Å²) in [5.41, 5.74) is 1.79. The van der Waals surface area contributed by atoms with E-state index in [1.807, 2.05) is 42.6 Å². The van der Waals surface area contributed by atoms with Gasteiger partial charge in [0.15, 0.2) is 0 Å². The quantitative estimate of drug-likeness (QED) is 0.853. The highest BCUT2D eigenvalue weighted by molar-refractivity contribution is 9.10. The smallest absolute Gasteiger partial charge is 0.243 e. The standard InChI is InChI=1S/C15H15BrN2O2S/c1-10-4-5-13(12(16)7-10)18-15(20)9-17-14(19)8-11-3-2-6-21-11/h2-7H,8-9H2,1H3,(H,17,19)(H,18,20). The van der Waals surface area contributed by atoms with E-state index in [-0.39, 0.29) is 18.4 Å². The molecule has 0 atom stereocenters. The molecule has 0 spiro atoms. The first kappa shape index (κ1) is 15.7. The van der Waals surface area contributed by atoms with Crippen molar-refractivity contribution in [3.05, 3.63) is 50.6 Å². The SMILES string of the molecule is Cc1ccc(NC(=O)CNC(=O)Cc2cccs2)c(Br)c1. The Bertz CT molecular complexity index is 641. The van der Waals surface area contributed by atoms with E-state index in [0.717, 1.165) is 14.9 Å². The lowest BCUT2D eigenvalue weighted by Crippen LogP contribution is -2.33. The van der Waals surface area contributed by atoms with Crippen molar-refractivity contribution in [2.24, 2.45) is 0 Å². The van der Waals surface area contributed by atoms with Crippen molar-refractivity contribution in [1.82, 2.24) is 5.32 Å². The Morgan fingerprint density at radius 3 is 2.71 bits per heavy atom. The number of rotatable bonds is 5. The van der Waals surface area contributed by atoms with E-state index in [4.69, 9.17) is 0 Å². The van der Waals surface area contributed by atoms with Gasteiger partial charge in [-0.3, -0.25) is 9.59 Å².